The van der Waals surface area contributed by atoms with Crippen molar-refractivity contribution >= 4 is 11.0 Å². The van der Waals surface area contributed by atoms with Gasteiger partial charge < -0.3 is 4.57 Å². The average Bonchev–Trinajstić information content (AvgIpc) is 2.80. The van der Waals surface area contributed by atoms with Gasteiger partial charge in [-0.15, -0.1) is 0 Å². The molecule has 1 aromatic heterocycles. The van der Waals surface area contributed by atoms with Gasteiger partial charge in [0.1, 0.15) is 17.7 Å². The highest BCUT2D eigenvalue weighted by Gasteiger charge is 2.15. The molecule has 3 nitrogen and oxygen atoms in total. The summed E-state index contributed by atoms with van der Waals surface area (Å²) in [5.41, 5.74) is 2.25. The van der Waals surface area contributed by atoms with Gasteiger partial charge in [-0.1, -0.05) is 6.07 Å². The van der Waals surface area contributed by atoms with E-state index in [1.807, 2.05) is 0 Å². The standard InChI is InChI=1S/C15H9F2N3/c1-20-8-19-14-5-4-10(12(7-18)15(14)20)11-3-2-9(16)6-13(11)17/h2-6,8H,1H3. The van der Waals surface area contributed by atoms with Crippen LogP contribution >= 0.6 is 0 Å². The van der Waals surface area contributed by atoms with Gasteiger partial charge in [0, 0.05) is 24.2 Å². The van der Waals surface area contributed by atoms with Crippen molar-refractivity contribution < 1.29 is 8.78 Å². The van der Waals surface area contributed by atoms with Gasteiger partial charge in [0.25, 0.3) is 0 Å². The number of hydrogen-bond donors (Lipinski definition) is 0. The van der Waals surface area contributed by atoms with Crippen LogP contribution in [0.3, 0.4) is 0 Å². The number of aromatic nitrogens is 2. The minimum absolute atomic E-state index is 0.200. The van der Waals surface area contributed by atoms with Gasteiger partial charge >= 0.3 is 0 Å². The Balaban J connectivity index is 2.37. The summed E-state index contributed by atoms with van der Waals surface area (Å²) < 4.78 is 28.6. The Hall–Kier alpha value is -2.74. The molecule has 0 saturated heterocycles. The van der Waals surface area contributed by atoms with E-state index in [0.717, 1.165) is 6.07 Å². The second-order valence-electron chi connectivity index (χ2n) is 4.45. The molecule has 0 N–H and O–H groups in total. The lowest BCUT2D eigenvalue weighted by molar-refractivity contribution is 0.585. The number of nitriles is 1. The van der Waals surface area contributed by atoms with E-state index in [4.69, 9.17) is 0 Å². The van der Waals surface area contributed by atoms with Crippen molar-refractivity contribution in [1.82, 2.24) is 9.55 Å². The number of imidazole rings is 1. The maximum absolute atomic E-state index is 13.9. The Labute approximate surface area is 113 Å². The minimum Gasteiger partial charge on any atom is -0.333 e. The molecular formula is C15H9F2N3. The predicted molar refractivity (Wildman–Crippen MR) is 70.8 cm³/mol. The molecule has 3 aromatic rings. The summed E-state index contributed by atoms with van der Waals surface area (Å²) in [7, 11) is 1.76. The van der Waals surface area contributed by atoms with Crippen molar-refractivity contribution in [2.75, 3.05) is 0 Å². The zero-order valence-corrected chi connectivity index (χ0v) is 10.6. The molecule has 2 aromatic carbocycles. The predicted octanol–water partition coefficient (Wildman–Crippen LogP) is 3.39. The van der Waals surface area contributed by atoms with Crippen LogP contribution in [0.25, 0.3) is 22.2 Å². The lowest BCUT2D eigenvalue weighted by Crippen LogP contribution is -1.94. The number of aryl methyl sites for hydroxylation is 1. The van der Waals surface area contributed by atoms with Crippen molar-refractivity contribution in [2.24, 2.45) is 7.05 Å². The Morgan fingerprint density at radius 2 is 1.90 bits per heavy atom. The van der Waals surface area contributed by atoms with Crippen LogP contribution in [0.5, 0.6) is 0 Å². The van der Waals surface area contributed by atoms with Gasteiger partial charge in [-0.05, 0) is 18.2 Å². The highest BCUT2D eigenvalue weighted by molar-refractivity contribution is 5.90. The molecular weight excluding hydrogens is 260 g/mol. The molecule has 0 bridgehead atoms. The van der Waals surface area contributed by atoms with Gasteiger partial charge in [-0.3, -0.25) is 0 Å². The number of benzene rings is 2. The van der Waals surface area contributed by atoms with E-state index in [0.29, 0.717) is 22.2 Å². The fraction of sp³-hybridized carbons (Fsp3) is 0.0667. The van der Waals surface area contributed by atoms with Crippen LogP contribution in [0.1, 0.15) is 5.56 Å². The molecule has 98 valence electrons. The van der Waals surface area contributed by atoms with E-state index in [-0.39, 0.29) is 5.56 Å². The van der Waals surface area contributed by atoms with Crippen LogP contribution in [-0.4, -0.2) is 9.55 Å². The first-order valence-electron chi connectivity index (χ1n) is 5.91. The van der Waals surface area contributed by atoms with E-state index in [9.17, 15) is 14.0 Å². The molecule has 0 amide bonds. The van der Waals surface area contributed by atoms with Crippen LogP contribution < -0.4 is 0 Å². The molecule has 0 aliphatic rings. The highest BCUT2D eigenvalue weighted by atomic mass is 19.1. The van der Waals surface area contributed by atoms with Gasteiger partial charge in [0.15, 0.2) is 0 Å². The third-order valence-corrected chi connectivity index (χ3v) is 3.21. The summed E-state index contributed by atoms with van der Waals surface area (Å²) in [6, 6.07) is 8.75. The molecule has 0 unspecified atom stereocenters. The zero-order valence-electron chi connectivity index (χ0n) is 10.6. The summed E-state index contributed by atoms with van der Waals surface area (Å²) in [5, 5.41) is 9.38. The monoisotopic (exact) mass is 269 g/mol. The van der Waals surface area contributed by atoms with Crippen molar-refractivity contribution in [3.05, 3.63) is 53.9 Å². The normalized spacial score (nSPS) is 10.7. The van der Waals surface area contributed by atoms with Crippen LogP contribution in [0.4, 0.5) is 8.78 Å². The summed E-state index contributed by atoms with van der Waals surface area (Å²) in [5.74, 6) is -1.34. The highest BCUT2D eigenvalue weighted by Crippen LogP contribution is 2.31. The van der Waals surface area contributed by atoms with Gasteiger partial charge in [0.2, 0.25) is 0 Å². The fourth-order valence-electron chi connectivity index (χ4n) is 2.29. The van der Waals surface area contributed by atoms with E-state index in [1.54, 1.807) is 30.1 Å². The average molecular weight is 269 g/mol. The van der Waals surface area contributed by atoms with Crippen LogP contribution in [0.2, 0.25) is 0 Å². The third-order valence-electron chi connectivity index (χ3n) is 3.21. The number of rotatable bonds is 1. The zero-order chi connectivity index (χ0) is 14.3. The van der Waals surface area contributed by atoms with Gasteiger partial charge in [0.05, 0.1) is 22.9 Å². The smallest absolute Gasteiger partial charge is 0.133 e. The molecule has 0 atom stereocenters. The maximum atomic E-state index is 13.9. The molecule has 0 saturated carbocycles. The number of fused-ring (bicyclic) bond motifs is 1. The number of hydrogen-bond acceptors (Lipinski definition) is 2. The van der Waals surface area contributed by atoms with Crippen molar-refractivity contribution in [1.29, 1.82) is 5.26 Å². The first-order valence-corrected chi connectivity index (χ1v) is 5.91. The largest absolute Gasteiger partial charge is 0.333 e. The second-order valence-corrected chi connectivity index (χ2v) is 4.45. The van der Waals surface area contributed by atoms with Crippen LogP contribution in [0, 0.1) is 23.0 Å². The number of halogens is 2. The Morgan fingerprint density at radius 3 is 2.60 bits per heavy atom. The summed E-state index contributed by atoms with van der Waals surface area (Å²) in [6.45, 7) is 0. The Kier molecular flexibility index (Phi) is 2.72. The molecule has 20 heavy (non-hydrogen) atoms. The second kappa shape index (κ2) is 4.42. The molecule has 0 aliphatic carbocycles. The minimum atomic E-state index is -0.692. The molecule has 1 heterocycles. The molecule has 0 spiro atoms. The molecule has 0 radical (unpaired) electrons. The van der Waals surface area contributed by atoms with Crippen LogP contribution in [0.15, 0.2) is 36.7 Å². The van der Waals surface area contributed by atoms with Crippen molar-refractivity contribution in [3.8, 4) is 17.2 Å². The first kappa shape index (κ1) is 12.3. The molecule has 0 fully saturated rings. The maximum Gasteiger partial charge on any atom is 0.133 e. The summed E-state index contributed by atoms with van der Waals surface area (Å²) >= 11 is 0. The van der Waals surface area contributed by atoms with Gasteiger partial charge in [-0.2, -0.15) is 5.26 Å². The Bertz CT molecular complexity index is 859. The van der Waals surface area contributed by atoms with E-state index >= 15 is 0 Å². The topological polar surface area (TPSA) is 41.6 Å². The van der Waals surface area contributed by atoms with Crippen molar-refractivity contribution in [2.45, 2.75) is 0 Å². The SMILES string of the molecule is Cn1cnc2ccc(-c3ccc(F)cc3F)c(C#N)c21. The lowest BCUT2D eigenvalue weighted by Gasteiger charge is -2.08. The summed E-state index contributed by atoms with van der Waals surface area (Å²) in [4.78, 5) is 4.16. The van der Waals surface area contributed by atoms with E-state index < -0.39 is 11.6 Å². The van der Waals surface area contributed by atoms with Gasteiger partial charge in [-0.25, -0.2) is 13.8 Å². The fourth-order valence-corrected chi connectivity index (χ4v) is 2.29. The summed E-state index contributed by atoms with van der Waals surface area (Å²) in [6.07, 6.45) is 1.59. The van der Waals surface area contributed by atoms with Crippen LogP contribution in [-0.2, 0) is 7.05 Å². The van der Waals surface area contributed by atoms with E-state index in [2.05, 4.69) is 11.1 Å². The van der Waals surface area contributed by atoms with E-state index in [1.165, 1.54) is 12.1 Å². The lowest BCUT2D eigenvalue weighted by atomic mass is 9.98. The van der Waals surface area contributed by atoms with Crippen molar-refractivity contribution in [3.63, 3.8) is 0 Å². The Morgan fingerprint density at radius 1 is 1.15 bits per heavy atom. The molecule has 5 heteroatoms. The number of nitrogens with zero attached hydrogens (tertiary/aromatic N) is 3. The third kappa shape index (κ3) is 1.74. The molecule has 0 aliphatic heterocycles. The first-order chi connectivity index (χ1) is 9.61. The molecule has 3 rings (SSSR count). The quantitative estimate of drug-likeness (QED) is 0.679.